The fourth-order valence-corrected chi connectivity index (χ4v) is 4.40. The number of Topliss-reactive ketones (excluding diaryl/α,β-unsaturated/α-hetero) is 1. The molecule has 0 fully saturated rings. The molecule has 1 aromatic carbocycles. The number of ketones is 1. The lowest BCUT2D eigenvalue weighted by Crippen LogP contribution is -2.27. The predicted molar refractivity (Wildman–Crippen MR) is 101 cm³/mol. The van der Waals surface area contributed by atoms with Crippen molar-refractivity contribution in [3.63, 3.8) is 0 Å². The zero-order valence-corrected chi connectivity index (χ0v) is 16.0. The van der Waals surface area contributed by atoms with Crippen LogP contribution in [-0.2, 0) is 12.8 Å². The number of aryl methyl sites for hydroxylation is 1. The summed E-state index contributed by atoms with van der Waals surface area (Å²) in [5.41, 5.74) is 5.72. The number of hydrogen-bond donors (Lipinski definition) is 1. The fourth-order valence-electron chi connectivity index (χ4n) is 3.61. The third kappa shape index (κ3) is 3.45. The Kier molecular flexibility index (Phi) is 4.63. The molecule has 1 heterocycles. The van der Waals surface area contributed by atoms with Crippen LogP contribution in [-0.4, -0.2) is 29.2 Å². The summed E-state index contributed by atoms with van der Waals surface area (Å²) in [6.45, 7) is 6.44. The first-order valence-corrected chi connectivity index (χ1v) is 9.21. The molecule has 1 aliphatic rings. The summed E-state index contributed by atoms with van der Waals surface area (Å²) >= 11 is 1.73. The summed E-state index contributed by atoms with van der Waals surface area (Å²) in [5, 5.41) is 0. The number of H-pyrrole nitrogens is 1. The van der Waals surface area contributed by atoms with Gasteiger partial charge in [0.05, 0.1) is 0 Å². The Balaban J connectivity index is 1.99. The molecule has 0 bridgehead atoms. The number of nitrogens with zero attached hydrogens (tertiary/aromatic N) is 1. The quantitative estimate of drug-likeness (QED) is 0.823. The SMILES string of the molecule is Cc1[nH]c2c(c1Cc1ccccc1SN(C)C)C(=O)CC(C)(C)C2. The number of carbonyl (C=O) groups excluding carboxylic acids is 1. The van der Waals surface area contributed by atoms with Gasteiger partial charge in [0, 0.05) is 34.7 Å². The molecule has 0 saturated heterocycles. The van der Waals surface area contributed by atoms with Crippen LogP contribution >= 0.6 is 11.9 Å². The Morgan fingerprint density at radius 2 is 1.92 bits per heavy atom. The summed E-state index contributed by atoms with van der Waals surface area (Å²) in [7, 11) is 4.10. The average molecular weight is 343 g/mol. The largest absolute Gasteiger partial charge is 0.362 e. The summed E-state index contributed by atoms with van der Waals surface area (Å²) in [4.78, 5) is 17.5. The smallest absolute Gasteiger partial charge is 0.165 e. The number of aromatic amines is 1. The minimum Gasteiger partial charge on any atom is -0.362 e. The number of hydrogen-bond acceptors (Lipinski definition) is 3. The van der Waals surface area contributed by atoms with Gasteiger partial charge in [0.2, 0.25) is 0 Å². The van der Waals surface area contributed by atoms with E-state index in [2.05, 4.69) is 68.4 Å². The molecule has 24 heavy (non-hydrogen) atoms. The third-order valence-corrected chi connectivity index (χ3v) is 5.55. The molecule has 0 atom stereocenters. The van der Waals surface area contributed by atoms with E-state index in [1.807, 2.05) is 0 Å². The summed E-state index contributed by atoms with van der Waals surface area (Å²) in [6, 6.07) is 8.47. The number of benzene rings is 1. The van der Waals surface area contributed by atoms with Crippen molar-refractivity contribution in [2.24, 2.45) is 5.41 Å². The van der Waals surface area contributed by atoms with Crippen LogP contribution in [0.2, 0.25) is 0 Å². The molecule has 0 radical (unpaired) electrons. The van der Waals surface area contributed by atoms with Gasteiger partial charge in [-0.15, -0.1) is 0 Å². The molecule has 3 rings (SSSR count). The first-order valence-electron chi connectivity index (χ1n) is 8.43. The zero-order valence-electron chi connectivity index (χ0n) is 15.2. The van der Waals surface area contributed by atoms with E-state index in [0.29, 0.717) is 12.2 Å². The molecule has 3 nitrogen and oxygen atoms in total. The molecule has 128 valence electrons. The molecule has 2 aromatic rings. The normalized spacial score (nSPS) is 16.5. The van der Waals surface area contributed by atoms with E-state index < -0.39 is 0 Å². The molecule has 0 spiro atoms. The van der Waals surface area contributed by atoms with Crippen molar-refractivity contribution in [3.8, 4) is 0 Å². The number of nitrogens with one attached hydrogen (secondary N) is 1. The van der Waals surface area contributed by atoms with Crippen molar-refractivity contribution in [3.05, 3.63) is 52.3 Å². The minimum absolute atomic E-state index is 0.0529. The molecule has 0 amide bonds. The summed E-state index contributed by atoms with van der Waals surface area (Å²) in [5.74, 6) is 0.290. The highest BCUT2D eigenvalue weighted by atomic mass is 32.2. The minimum atomic E-state index is 0.0529. The van der Waals surface area contributed by atoms with Gasteiger partial charge in [-0.25, -0.2) is 0 Å². The molecule has 0 unspecified atom stereocenters. The van der Waals surface area contributed by atoms with Crippen LogP contribution in [0.25, 0.3) is 0 Å². The molecule has 1 aliphatic carbocycles. The van der Waals surface area contributed by atoms with Gasteiger partial charge in [-0.05, 0) is 62.0 Å². The van der Waals surface area contributed by atoms with Crippen molar-refractivity contribution < 1.29 is 4.79 Å². The Morgan fingerprint density at radius 1 is 1.21 bits per heavy atom. The maximum absolute atomic E-state index is 12.8. The Bertz CT molecular complexity index is 774. The molecular formula is C20H26N2OS. The second kappa shape index (κ2) is 6.41. The highest BCUT2D eigenvalue weighted by Crippen LogP contribution is 2.38. The number of rotatable bonds is 4. The van der Waals surface area contributed by atoms with Gasteiger partial charge in [0.1, 0.15) is 0 Å². The van der Waals surface area contributed by atoms with Crippen molar-refractivity contribution in [2.75, 3.05) is 14.1 Å². The number of aromatic nitrogens is 1. The van der Waals surface area contributed by atoms with Gasteiger partial charge in [0.15, 0.2) is 5.78 Å². The second-order valence-electron chi connectivity index (χ2n) is 7.71. The first kappa shape index (κ1) is 17.3. The van der Waals surface area contributed by atoms with E-state index in [1.165, 1.54) is 16.0 Å². The Hall–Kier alpha value is -1.52. The summed E-state index contributed by atoms with van der Waals surface area (Å²) in [6.07, 6.45) is 2.39. The summed E-state index contributed by atoms with van der Waals surface area (Å²) < 4.78 is 2.10. The van der Waals surface area contributed by atoms with E-state index in [4.69, 9.17) is 0 Å². The Labute approximate surface area is 149 Å². The Morgan fingerprint density at radius 3 is 2.62 bits per heavy atom. The number of carbonyl (C=O) groups is 1. The van der Waals surface area contributed by atoms with Crippen molar-refractivity contribution in [2.45, 2.75) is 44.9 Å². The lowest BCUT2D eigenvalue weighted by atomic mass is 9.75. The predicted octanol–water partition coefficient (Wildman–Crippen LogP) is 4.64. The number of fused-ring (bicyclic) bond motifs is 1. The average Bonchev–Trinajstić information content (AvgIpc) is 2.75. The van der Waals surface area contributed by atoms with Crippen LogP contribution in [0.4, 0.5) is 0 Å². The molecule has 4 heteroatoms. The van der Waals surface area contributed by atoms with E-state index in [1.54, 1.807) is 11.9 Å². The van der Waals surface area contributed by atoms with Crippen LogP contribution in [0.3, 0.4) is 0 Å². The van der Waals surface area contributed by atoms with Gasteiger partial charge in [-0.2, -0.15) is 0 Å². The van der Waals surface area contributed by atoms with E-state index >= 15 is 0 Å². The lowest BCUT2D eigenvalue weighted by molar-refractivity contribution is 0.0911. The monoisotopic (exact) mass is 342 g/mol. The highest BCUT2D eigenvalue weighted by Gasteiger charge is 2.34. The molecular weight excluding hydrogens is 316 g/mol. The van der Waals surface area contributed by atoms with Crippen LogP contribution in [0, 0.1) is 12.3 Å². The van der Waals surface area contributed by atoms with Crippen molar-refractivity contribution >= 4 is 17.7 Å². The third-order valence-electron chi connectivity index (χ3n) is 4.59. The maximum Gasteiger partial charge on any atom is 0.165 e. The molecule has 1 N–H and O–H groups in total. The van der Waals surface area contributed by atoms with Crippen LogP contribution in [0.15, 0.2) is 29.2 Å². The first-order chi connectivity index (χ1) is 11.3. The molecule has 0 saturated carbocycles. The maximum atomic E-state index is 12.8. The van der Waals surface area contributed by atoms with Gasteiger partial charge in [-0.1, -0.05) is 32.0 Å². The van der Waals surface area contributed by atoms with Crippen LogP contribution in [0.5, 0.6) is 0 Å². The van der Waals surface area contributed by atoms with Gasteiger partial charge >= 0.3 is 0 Å². The van der Waals surface area contributed by atoms with Gasteiger partial charge in [-0.3, -0.25) is 9.10 Å². The van der Waals surface area contributed by atoms with Crippen LogP contribution < -0.4 is 0 Å². The fraction of sp³-hybridized carbons (Fsp3) is 0.450. The topological polar surface area (TPSA) is 36.1 Å². The standard InChI is InChI=1S/C20H26N2OS/c1-13-15(10-14-8-6-7-9-18(14)24-22(4)5)19-16(21-13)11-20(2,3)12-17(19)23/h6-9,21H,10-12H2,1-5H3. The van der Waals surface area contributed by atoms with Gasteiger partial charge in [0.25, 0.3) is 0 Å². The molecule has 0 aliphatic heterocycles. The van der Waals surface area contributed by atoms with E-state index in [9.17, 15) is 4.79 Å². The second-order valence-corrected chi connectivity index (χ2v) is 9.06. The van der Waals surface area contributed by atoms with Gasteiger partial charge < -0.3 is 4.98 Å². The highest BCUT2D eigenvalue weighted by molar-refractivity contribution is 7.97. The molecule has 1 aromatic heterocycles. The lowest BCUT2D eigenvalue weighted by Gasteiger charge is -2.28. The van der Waals surface area contributed by atoms with E-state index in [-0.39, 0.29) is 5.41 Å². The van der Waals surface area contributed by atoms with E-state index in [0.717, 1.165) is 29.8 Å². The van der Waals surface area contributed by atoms with Crippen LogP contribution in [0.1, 0.15) is 53.1 Å². The van der Waals surface area contributed by atoms with Crippen molar-refractivity contribution in [1.82, 2.24) is 9.29 Å². The van der Waals surface area contributed by atoms with Crippen molar-refractivity contribution in [1.29, 1.82) is 0 Å². The zero-order chi connectivity index (χ0) is 17.5.